The third kappa shape index (κ3) is 2.73. The van der Waals surface area contributed by atoms with E-state index in [1.807, 2.05) is 0 Å². The molecule has 0 nitrogen and oxygen atoms in total. The van der Waals surface area contributed by atoms with Gasteiger partial charge in [-0.1, -0.05) is 0 Å². The summed E-state index contributed by atoms with van der Waals surface area (Å²) in [6.45, 7) is 8.97. The van der Waals surface area contributed by atoms with Crippen LogP contribution in [0.15, 0.2) is 36.4 Å². The second-order valence-electron chi connectivity index (χ2n) is 4.48. The molecule has 2 aromatic rings. The number of hydrogen-bond donors (Lipinski definition) is 0. The minimum absolute atomic E-state index is 0.235. The van der Waals surface area contributed by atoms with Crippen molar-refractivity contribution >= 4 is 28.1 Å². The fraction of sp³-hybridized carbons (Fsp3) is 0.250. The van der Waals surface area contributed by atoms with Crippen molar-refractivity contribution in [2.24, 2.45) is 0 Å². The predicted molar refractivity (Wildman–Crippen MR) is 76.9 cm³/mol. The Bertz CT molecular complexity index is 527. The molecule has 0 atom stereocenters. The second kappa shape index (κ2) is 5.25. The number of benzene rings is 2. The summed E-state index contributed by atoms with van der Waals surface area (Å²) in [5.41, 5.74) is 5.86. The molecule has 0 aromatic heterocycles. The topological polar surface area (TPSA) is 0 Å². The third-order valence-electron chi connectivity index (χ3n) is 3.40. The molecule has 2 rings (SSSR count). The first-order valence-electron chi connectivity index (χ1n) is 5.90. The van der Waals surface area contributed by atoms with E-state index in [0.717, 1.165) is 0 Å². The first kappa shape index (κ1) is 12.7. The summed E-state index contributed by atoms with van der Waals surface area (Å²) >= 11 is -0.235. The van der Waals surface area contributed by atoms with E-state index >= 15 is 0 Å². The van der Waals surface area contributed by atoms with Crippen molar-refractivity contribution in [2.45, 2.75) is 27.7 Å². The van der Waals surface area contributed by atoms with Crippen molar-refractivity contribution in [3.63, 3.8) is 0 Å². The van der Waals surface area contributed by atoms with Crippen molar-refractivity contribution in [3.8, 4) is 0 Å². The standard InChI is InChI=1S/C16H18Te/c1-11-10-16(14(4)13(3)12(11)2)17-15-8-6-5-7-9-15/h5-10H,1-4H3. The zero-order valence-corrected chi connectivity index (χ0v) is 13.2. The van der Waals surface area contributed by atoms with Crippen molar-refractivity contribution in [1.82, 2.24) is 0 Å². The Labute approximate surface area is 114 Å². The van der Waals surface area contributed by atoms with Gasteiger partial charge < -0.3 is 0 Å². The summed E-state index contributed by atoms with van der Waals surface area (Å²) in [5, 5.41) is 0. The molecule has 0 unspecified atom stereocenters. The molecule has 17 heavy (non-hydrogen) atoms. The summed E-state index contributed by atoms with van der Waals surface area (Å²) in [6.07, 6.45) is 0. The van der Waals surface area contributed by atoms with E-state index in [9.17, 15) is 0 Å². The molecule has 0 fully saturated rings. The van der Waals surface area contributed by atoms with Gasteiger partial charge in [-0.25, -0.2) is 0 Å². The van der Waals surface area contributed by atoms with Crippen LogP contribution in [0.5, 0.6) is 0 Å². The van der Waals surface area contributed by atoms with Gasteiger partial charge in [-0.15, -0.1) is 0 Å². The molecule has 0 saturated carbocycles. The molecule has 1 heteroatoms. The Morgan fingerprint density at radius 3 is 2.06 bits per heavy atom. The van der Waals surface area contributed by atoms with Crippen LogP contribution in [0.3, 0.4) is 0 Å². The van der Waals surface area contributed by atoms with Crippen molar-refractivity contribution in [3.05, 3.63) is 58.7 Å². The normalized spacial score (nSPS) is 10.6. The van der Waals surface area contributed by atoms with Crippen LogP contribution in [-0.4, -0.2) is 20.9 Å². The summed E-state index contributed by atoms with van der Waals surface area (Å²) in [5.74, 6) is 0. The summed E-state index contributed by atoms with van der Waals surface area (Å²) < 4.78 is 3.10. The molecule has 0 aliphatic heterocycles. The van der Waals surface area contributed by atoms with Gasteiger partial charge in [0.1, 0.15) is 0 Å². The number of hydrogen-bond acceptors (Lipinski definition) is 0. The Kier molecular flexibility index (Phi) is 3.92. The fourth-order valence-electron chi connectivity index (χ4n) is 1.90. The van der Waals surface area contributed by atoms with Crippen molar-refractivity contribution in [2.75, 3.05) is 0 Å². The van der Waals surface area contributed by atoms with Crippen molar-refractivity contribution < 1.29 is 0 Å². The number of rotatable bonds is 2. The quantitative estimate of drug-likeness (QED) is 0.739. The van der Waals surface area contributed by atoms with E-state index in [4.69, 9.17) is 0 Å². The molecule has 0 amide bonds. The fourth-order valence-corrected chi connectivity index (χ4v) is 5.00. The molecular formula is C16H18Te. The van der Waals surface area contributed by atoms with E-state index in [1.54, 1.807) is 3.61 Å². The van der Waals surface area contributed by atoms with Gasteiger partial charge in [0.15, 0.2) is 0 Å². The van der Waals surface area contributed by atoms with Crippen LogP contribution in [0.1, 0.15) is 22.3 Å². The zero-order valence-electron chi connectivity index (χ0n) is 10.9. The Hall–Kier alpha value is -0.770. The van der Waals surface area contributed by atoms with E-state index < -0.39 is 0 Å². The van der Waals surface area contributed by atoms with Gasteiger partial charge in [-0.3, -0.25) is 0 Å². The first-order chi connectivity index (χ1) is 8.09. The summed E-state index contributed by atoms with van der Waals surface area (Å²) in [7, 11) is 0. The third-order valence-corrected chi connectivity index (χ3v) is 6.69. The van der Waals surface area contributed by atoms with Crippen LogP contribution in [0.2, 0.25) is 0 Å². The maximum absolute atomic E-state index is 2.40. The minimum atomic E-state index is -0.235. The maximum atomic E-state index is 2.40. The van der Waals surface area contributed by atoms with Crippen LogP contribution in [0.4, 0.5) is 0 Å². The van der Waals surface area contributed by atoms with Crippen LogP contribution < -0.4 is 7.22 Å². The van der Waals surface area contributed by atoms with Gasteiger partial charge in [0.2, 0.25) is 0 Å². The molecule has 0 N–H and O–H groups in total. The van der Waals surface area contributed by atoms with Crippen LogP contribution in [-0.2, 0) is 0 Å². The van der Waals surface area contributed by atoms with E-state index in [1.165, 1.54) is 25.9 Å². The van der Waals surface area contributed by atoms with Gasteiger partial charge in [-0.05, 0) is 0 Å². The van der Waals surface area contributed by atoms with Crippen molar-refractivity contribution in [1.29, 1.82) is 0 Å². The first-order valence-corrected chi connectivity index (χ1v) is 8.23. The van der Waals surface area contributed by atoms with E-state index in [-0.39, 0.29) is 20.9 Å². The van der Waals surface area contributed by atoms with E-state index in [2.05, 4.69) is 64.1 Å². The molecule has 2 aromatic carbocycles. The molecule has 0 spiro atoms. The predicted octanol–water partition coefficient (Wildman–Crippen LogP) is 2.58. The van der Waals surface area contributed by atoms with Gasteiger partial charge >= 0.3 is 114 Å². The molecular weight excluding hydrogens is 320 g/mol. The SMILES string of the molecule is Cc1cc([Te]c2ccccc2)c(C)c(C)c1C. The Morgan fingerprint density at radius 2 is 1.41 bits per heavy atom. The molecule has 0 radical (unpaired) electrons. The summed E-state index contributed by atoms with van der Waals surface area (Å²) in [6, 6.07) is 13.3. The van der Waals surface area contributed by atoms with Gasteiger partial charge in [0.25, 0.3) is 0 Å². The average Bonchev–Trinajstić information content (AvgIpc) is 2.35. The monoisotopic (exact) mass is 340 g/mol. The van der Waals surface area contributed by atoms with E-state index in [0.29, 0.717) is 0 Å². The second-order valence-corrected chi connectivity index (χ2v) is 7.67. The van der Waals surface area contributed by atoms with Crippen LogP contribution >= 0.6 is 0 Å². The molecule has 0 heterocycles. The molecule has 0 bridgehead atoms. The molecule has 88 valence electrons. The number of aryl methyl sites for hydroxylation is 1. The van der Waals surface area contributed by atoms with Gasteiger partial charge in [-0.2, -0.15) is 0 Å². The molecule has 0 aliphatic carbocycles. The van der Waals surface area contributed by atoms with Gasteiger partial charge in [0, 0.05) is 0 Å². The van der Waals surface area contributed by atoms with Crippen LogP contribution in [0, 0.1) is 27.7 Å². The Morgan fingerprint density at radius 1 is 0.765 bits per heavy atom. The molecule has 0 saturated heterocycles. The van der Waals surface area contributed by atoms with Crippen LogP contribution in [0.25, 0.3) is 0 Å². The Balaban J connectivity index is 2.41. The zero-order chi connectivity index (χ0) is 12.4. The average molecular weight is 338 g/mol. The summed E-state index contributed by atoms with van der Waals surface area (Å²) in [4.78, 5) is 0. The van der Waals surface area contributed by atoms with Gasteiger partial charge in [0.05, 0.1) is 0 Å². The molecule has 0 aliphatic rings.